The molecule has 0 saturated carbocycles. The number of thiophene rings is 1. The van der Waals surface area contributed by atoms with Crippen LogP contribution in [-0.2, 0) is 0 Å². The van der Waals surface area contributed by atoms with Crippen molar-refractivity contribution in [2.24, 2.45) is 0 Å². The second-order valence-corrected chi connectivity index (χ2v) is 8.63. The van der Waals surface area contributed by atoms with Gasteiger partial charge < -0.3 is 0 Å². The molecule has 0 spiro atoms. The highest BCUT2D eigenvalue weighted by molar-refractivity contribution is 7.26. The van der Waals surface area contributed by atoms with Crippen molar-refractivity contribution < 1.29 is 0 Å². The van der Waals surface area contributed by atoms with E-state index in [0.717, 1.165) is 11.1 Å². The normalized spacial score (nSPS) is 11.8. The fraction of sp³-hybridized carbons (Fsp3) is 0.0345. The van der Waals surface area contributed by atoms with Gasteiger partial charge in [0.05, 0.1) is 0 Å². The molecule has 0 N–H and O–H groups in total. The van der Waals surface area contributed by atoms with Gasteiger partial charge in [0.15, 0.2) is 0 Å². The van der Waals surface area contributed by atoms with Crippen LogP contribution in [0.15, 0.2) is 110 Å². The van der Waals surface area contributed by atoms with E-state index in [-0.39, 0.29) is 0 Å². The number of rotatable bonds is 4. The Morgan fingerprint density at radius 3 is 2.30 bits per heavy atom. The summed E-state index contributed by atoms with van der Waals surface area (Å²) < 4.78 is 2.69. The monoisotopic (exact) mass is 402 g/mol. The molecule has 0 unspecified atom stereocenters. The summed E-state index contributed by atoms with van der Waals surface area (Å²) >= 11 is 1.88. The number of hydrogen-bond donors (Lipinski definition) is 0. The van der Waals surface area contributed by atoms with Crippen molar-refractivity contribution in [3.05, 3.63) is 121 Å². The van der Waals surface area contributed by atoms with Crippen molar-refractivity contribution in [2.45, 2.75) is 6.92 Å². The quantitative estimate of drug-likeness (QED) is 0.263. The third-order valence-corrected chi connectivity index (χ3v) is 6.79. The Kier molecular flexibility index (Phi) is 4.82. The van der Waals surface area contributed by atoms with Crippen LogP contribution in [0.5, 0.6) is 0 Å². The van der Waals surface area contributed by atoms with E-state index in [9.17, 15) is 0 Å². The van der Waals surface area contributed by atoms with Crippen LogP contribution >= 0.6 is 11.3 Å². The van der Waals surface area contributed by atoms with Gasteiger partial charge in [0.1, 0.15) is 0 Å². The van der Waals surface area contributed by atoms with Crippen LogP contribution < -0.4 is 0 Å². The van der Waals surface area contributed by atoms with Gasteiger partial charge in [0.25, 0.3) is 0 Å². The summed E-state index contributed by atoms with van der Waals surface area (Å²) in [6.07, 6.45) is 2.18. The summed E-state index contributed by atoms with van der Waals surface area (Å²) in [5, 5.41) is 2.67. The van der Waals surface area contributed by atoms with Crippen molar-refractivity contribution in [3.8, 4) is 11.1 Å². The molecule has 0 aliphatic carbocycles. The van der Waals surface area contributed by atoms with E-state index >= 15 is 0 Å². The predicted octanol–water partition coefficient (Wildman–Crippen LogP) is 8.84. The van der Waals surface area contributed by atoms with E-state index in [2.05, 4.69) is 111 Å². The van der Waals surface area contributed by atoms with Gasteiger partial charge in [-0.05, 0) is 52.5 Å². The Hall–Kier alpha value is -3.42. The molecule has 0 nitrogen and oxygen atoms in total. The molecule has 0 aliphatic heterocycles. The molecule has 0 fully saturated rings. The van der Waals surface area contributed by atoms with E-state index in [4.69, 9.17) is 0 Å². The number of hydrogen-bond acceptors (Lipinski definition) is 1. The summed E-state index contributed by atoms with van der Waals surface area (Å²) in [4.78, 5) is 0. The Bertz CT molecular complexity index is 1400. The van der Waals surface area contributed by atoms with Gasteiger partial charge in [-0.3, -0.25) is 0 Å². The molecule has 30 heavy (non-hydrogen) atoms. The van der Waals surface area contributed by atoms with Crippen molar-refractivity contribution in [3.63, 3.8) is 0 Å². The van der Waals surface area contributed by atoms with Crippen LogP contribution in [0, 0.1) is 0 Å². The van der Waals surface area contributed by atoms with Gasteiger partial charge in [-0.25, -0.2) is 0 Å². The summed E-state index contributed by atoms with van der Waals surface area (Å²) in [7, 11) is 0. The molecule has 1 aromatic heterocycles. The van der Waals surface area contributed by atoms with E-state index in [1.807, 2.05) is 17.4 Å². The van der Waals surface area contributed by atoms with Crippen molar-refractivity contribution >= 4 is 42.7 Å². The standard InChI is InChI=1S/C29H22S/c1-20(22-10-4-3-5-11-22)18-21(2)23-12-8-13-24(19-23)25-15-9-16-27-26-14-6-7-17-28(26)30-29(25)27/h3-19H,1H2,2H3. The Morgan fingerprint density at radius 2 is 1.43 bits per heavy atom. The molecule has 5 aromatic rings. The largest absolute Gasteiger partial charge is 0.135 e. The highest BCUT2D eigenvalue weighted by Gasteiger charge is 2.10. The van der Waals surface area contributed by atoms with Crippen molar-refractivity contribution in [1.29, 1.82) is 0 Å². The lowest BCUT2D eigenvalue weighted by molar-refractivity contribution is 1.55. The molecule has 144 valence electrons. The molecule has 4 aromatic carbocycles. The molecule has 0 aliphatic rings. The van der Waals surface area contributed by atoms with Gasteiger partial charge in [-0.15, -0.1) is 11.3 Å². The lowest BCUT2D eigenvalue weighted by Gasteiger charge is -2.09. The van der Waals surface area contributed by atoms with E-state index in [1.165, 1.54) is 42.4 Å². The minimum absolute atomic E-state index is 1.03. The number of benzene rings is 4. The zero-order valence-electron chi connectivity index (χ0n) is 16.9. The first kappa shape index (κ1) is 18.6. The van der Waals surface area contributed by atoms with Gasteiger partial charge in [-0.1, -0.05) is 97.6 Å². The van der Waals surface area contributed by atoms with Crippen LogP contribution in [0.4, 0.5) is 0 Å². The summed E-state index contributed by atoms with van der Waals surface area (Å²) in [6.45, 7) is 6.42. The van der Waals surface area contributed by atoms with Crippen molar-refractivity contribution in [2.75, 3.05) is 0 Å². The van der Waals surface area contributed by atoms with Gasteiger partial charge in [0, 0.05) is 20.2 Å². The lowest BCUT2D eigenvalue weighted by atomic mass is 9.96. The maximum atomic E-state index is 4.26. The fourth-order valence-corrected chi connectivity index (χ4v) is 5.23. The Labute approximate surface area is 181 Å². The van der Waals surface area contributed by atoms with Crippen LogP contribution in [0.1, 0.15) is 18.1 Å². The zero-order valence-corrected chi connectivity index (χ0v) is 17.7. The van der Waals surface area contributed by atoms with Gasteiger partial charge in [0.2, 0.25) is 0 Å². The fourth-order valence-electron chi connectivity index (χ4n) is 3.99. The first-order valence-corrected chi connectivity index (χ1v) is 11.0. The van der Waals surface area contributed by atoms with Crippen LogP contribution in [0.25, 0.3) is 42.4 Å². The Morgan fingerprint density at radius 1 is 0.733 bits per heavy atom. The van der Waals surface area contributed by atoms with Gasteiger partial charge >= 0.3 is 0 Å². The molecular weight excluding hydrogens is 380 g/mol. The molecule has 0 bridgehead atoms. The maximum absolute atomic E-state index is 4.26. The average Bonchev–Trinajstić information content (AvgIpc) is 3.18. The van der Waals surface area contributed by atoms with Crippen molar-refractivity contribution in [1.82, 2.24) is 0 Å². The SMILES string of the molecule is C=C(C=C(C)c1cccc(-c2cccc3c2sc2ccccc23)c1)c1ccccc1. The molecule has 1 heterocycles. The Balaban J connectivity index is 1.57. The first-order valence-electron chi connectivity index (χ1n) is 10.1. The highest BCUT2D eigenvalue weighted by Crippen LogP contribution is 2.40. The molecular formula is C29H22S. The zero-order chi connectivity index (χ0) is 20.5. The maximum Gasteiger partial charge on any atom is 0.0433 e. The summed E-state index contributed by atoms with van der Waals surface area (Å²) in [5.74, 6) is 0. The molecule has 0 amide bonds. The minimum atomic E-state index is 1.03. The predicted molar refractivity (Wildman–Crippen MR) is 134 cm³/mol. The average molecular weight is 403 g/mol. The number of fused-ring (bicyclic) bond motifs is 3. The smallest absolute Gasteiger partial charge is 0.0433 e. The molecule has 0 saturated heterocycles. The number of allylic oxidation sites excluding steroid dienone is 3. The van der Waals surface area contributed by atoms with Crippen LogP contribution in [-0.4, -0.2) is 0 Å². The minimum Gasteiger partial charge on any atom is -0.135 e. The molecule has 0 radical (unpaired) electrons. The lowest BCUT2D eigenvalue weighted by Crippen LogP contribution is -1.85. The van der Waals surface area contributed by atoms with Crippen LogP contribution in [0.2, 0.25) is 0 Å². The van der Waals surface area contributed by atoms with Crippen LogP contribution in [0.3, 0.4) is 0 Å². The third-order valence-electron chi connectivity index (χ3n) is 5.57. The molecule has 1 heteroatoms. The second-order valence-electron chi connectivity index (χ2n) is 7.58. The van der Waals surface area contributed by atoms with E-state index in [0.29, 0.717) is 0 Å². The topological polar surface area (TPSA) is 0 Å². The van der Waals surface area contributed by atoms with E-state index < -0.39 is 0 Å². The summed E-state index contributed by atoms with van der Waals surface area (Å²) in [5.41, 5.74) is 7.18. The van der Waals surface area contributed by atoms with E-state index in [1.54, 1.807) is 0 Å². The molecule has 5 rings (SSSR count). The highest BCUT2D eigenvalue weighted by atomic mass is 32.1. The first-order chi connectivity index (χ1) is 14.7. The molecule has 0 atom stereocenters. The van der Waals surface area contributed by atoms with Gasteiger partial charge in [-0.2, -0.15) is 0 Å². The third kappa shape index (κ3) is 3.38. The summed E-state index contributed by atoms with van der Waals surface area (Å²) in [6, 6.07) is 34.5. The second kappa shape index (κ2) is 7.78.